The Labute approximate surface area is 228 Å². The minimum Gasteiger partial charge on any atom is -0.508 e. The second-order valence-corrected chi connectivity index (χ2v) is 11.1. The van der Waals surface area contributed by atoms with E-state index in [1.165, 1.54) is 24.1 Å². The molecule has 0 aromatic heterocycles. The Bertz CT molecular complexity index is 1430. The van der Waals surface area contributed by atoms with Crippen molar-refractivity contribution in [1.82, 2.24) is 0 Å². The van der Waals surface area contributed by atoms with E-state index in [1.807, 2.05) is 30.3 Å². The molecule has 2 aliphatic heterocycles. The van der Waals surface area contributed by atoms with Gasteiger partial charge in [0.25, 0.3) is 11.7 Å². The van der Waals surface area contributed by atoms with Crippen LogP contribution in [-0.2, 0) is 15.0 Å². The maximum Gasteiger partial charge on any atom is 0.300 e. The summed E-state index contributed by atoms with van der Waals surface area (Å²) in [5.74, 6) is -1.35. The van der Waals surface area contributed by atoms with Crippen molar-refractivity contribution in [3.05, 3.63) is 89.0 Å². The minimum absolute atomic E-state index is 0.0290. The molecule has 1 unspecified atom stereocenters. The summed E-state index contributed by atoms with van der Waals surface area (Å²) in [6.07, 6.45) is 2.30. The highest BCUT2D eigenvalue weighted by molar-refractivity contribution is 6.51. The summed E-state index contributed by atoms with van der Waals surface area (Å²) < 4.78 is 5.54. The van der Waals surface area contributed by atoms with Crippen molar-refractivity contribution >= 4 is 28.8 Å². The summed E-state index contributed by atoms with van der Waals surface area (Å²) in [6, 6.07) is 18.5. The summed E-state index contributed by atoms with van der Waals surface area (Å²) in [7, 11) is 1.50. The molecule has 2 heterocycles. The number of Topliss-reactive ketones (excluding diaryl/α,β-unsaturated/α-hetero) is 1. The molecule has 5 rings (SSSR count). The molecule has 0 aliphatic carbocycles. The number of phenols is 1. The fourth-order valence-electron chi connectivity index (χ4n) is 5.37. The monoisotopic (exact) mass is 526 g/mol. The van der Waals surface area contributed by atoms with Crippen LogP contribution in [0, 0.1) is 0 Å². The lowest BCUT2D eigenvalue weighted by molar-refractivity contribution is -0.132. The van der Waals surface area contributed by atoms with Gasteiger partial charge in [0, 0.05) is 24.5 Å². The molecule has 0 spiro atoms. The standard InChI is InChI=1S/C32H34N2O5/c1-32(2,3)21-9-16-26(39-4)25(19-21)29(36)27-28(20-7-14-24(35)15-8-20)34(31(38)30(27)37)23-12-10-22(11-13-23)33-17-5-6-18-33/h7-16,19,28,35-36H,5-6,17-18H2,1-4H3/b29-27+. The summed E-state index contributed by atoms with van der Waals surface area (Å²) in [5.41, 5.74) is 3.24. The van der Waals surface area contributed by atoms with E-state index < -0.39 is 17.7 Å². The normalized spacial score (nSPS) is 19.1. The zero-order chi connectivity index (χ0) is 27.9. The molecule has 2 fully saturated rings. The lowest BCUT2D eigenvalue weighted by Crippen LogP contribution is -2.29. The van der Waals surface area contributed by atoms with Gasteiger partial charge in [-0.2, -0.15) is 0 Å². The number of amides is 1. The average Bonchev–Trinajstić information content (AvgIpc) is 3.55. The van der Waals surface area contributed by atoms with Gasteiger partial charge in [0.2, 0.25) is 0 Å². The number of nitrogens with zero attached hydrogens (tertiary/aromatic N) is 2. The van der Waals surface area contributed by atoms with Gasteiger partial charge in [0.15, 0.2) is 0 Å². The molecule has 7 nitrogen and oxygen atoms in total. The fraction of sp³-hybridized carbons (Fsp3) is 0.312. The minimum atomic E-state index is -0.897. The molecule has 3 aromatic rings. The van der Waals surface area contributed by atoms with Crippen molar-refractivity contribution in [3.63, 3.8) is 0 Å². The SMILES string of the molecule is COc1ccc(C(C)(C)C)cc1/C(O)=C1\C(=O)C(=O)N(c2ccc(N3CCCC3)cc2)C1c1ccc(O)cc1. The molecule has 2 aliphatic rings. The van der Waals surface area contributed by atoms with E-state index >= 15 is 0 Å². The van der Waals surface area contributed by atoms with E-state index in [0.29, 0.717) is 22.6 Å². The molecule has 2 saturated heterocycles. The molecule has 7 heteroatoms. The van der Waals surface area contributed by atoms with E-state index in [9.17, 15) is 19.8 Å². The van der Waals surface area contributed by atoms with E-state index in [0.717, 1.165) is 37.2 Å². The van der Waals surface area contributed by atoms with Crippen molar-refractivity contribution < 1.29 is 24.5 Å². The van der Waals surface area contributed by atoms with Crippen LogP contribution in [0.15, 0.2) is 72.3 Å². The number of aliphatic hydroxyl groups is 1. The van der Waals surface area contributed by atoms with E-state index in [2.05, 4.69) is 25.7 Å². The Morgan fingerprint density at radius 1 is 0.897 bits per heavy atom. The number of anilines is 2. The van der Waals surface area contributed by atoms with Crippen molar-refractivity contribution in [2.24, 2.45) is 0 Å². The van der Waals surface area contributed by atoms with Crippen LogP contribution >= 0.6 is 0 Å². The van der Waals surface area contributed by atoms with Gasteiger partial charge in [-0.25, -0.2) is 0 Å². The smallest absolute Gasteiger partial charge is 0.300 e. The van der Waals surface area contributed by atoms with Gasteiger partial charge in [0.1, 0.15) is 17.3 Å². The Morgan fingerprint density at radius 2 is 1.51 bits per heavy atom. The van der Waals surface area contributed by atoms with E-state index in [-0.39, 0.29) is 22.5 Å². The highest BCUT2D eigenvalue weighted by atomic mass is 16.5. The molecule has 2 N–H and O–H groups in total. The first-order valence-electron chi connectivity index (χ1n) is 13.2. The third-order valence-corrected chi connectivity index (χ3v) is 7.57. The number of methoxy groups -OCH3 is 1. The topological polar surface area (TPSA) is 90.3 Å². The largest absolute Gasteiger partial charge is 0.508 e. The van der Waals surface area contributed by atoms with Gasteiger partial charge < -0.3 is 19.8 Å². The number of hydrogen-bond donors (Lipinski definition) is 2. The molecule has 1 amide bonds. The van der Waals surface area contributed by atoms with Crippen molar-refractivity contribution in [1.29, 1.82) is 0 Å². The number of aromatic hydroxyl groups is 1. The Hall–Kier alpha value is -4.26. The quantitative estimate of drug-likeness (QED) is 0.244. The second-order valence-electron chi connectivity index (χ2n) is 11.1. The molecule has 0 bridgehead atoms. The summed E-state index contributed by atoms with van der Waals surface area (Å²) in [6.45, 7) is 8.15. The van der Waals surface area contributed by atoms with Crippen LogP contribution in [0.2, 0.25) is 0 Å². The number of rotatable bonds is 5. The first kappa shape index (κ1) is 26.4. The van der Waals surface area contributed by atoms with Gasteiger partial charge in [-0.1, -0.05) is 39.0 Å². The first-order valence-corrected chi connectivity index (χ1v) is 13.2. The molecule has 0 radical (unpaired) electrons. The maximum absolute atomic E-state index is 13.6. The predicted molar refractivity (Wildman–Crippen MR) is 152 cm³/mol. The lowest BCUT2D eigenvalue weighted by Gasteiger charge is -2.27. The Kier molecular flexibility index (Phi) is 6.85. The second kappa shape index (κ2) is 10.1. The highest BCUT2D eigenvalue weighted by Gasteiger charge is 2.47. The van der Waals surface area contributed by atoms with Crippen LogP contribution in [0.25, 0.3) is 5.76 Å². The third-order valence-electron chi connectivity index (χ3n) is 7.57. The van der Waals surface area contributed by atoms with Crippen LogP contribution < -0.4 is 14.5 Å². The third kappa shape index (κ3) is 4.85. The molecule has 0 saturated carbocycles. The molecular weight excluding hydrogens is 492 g/mol. The predicted octanol–water partition coefficient (Wildman–Crippen LogP) is 5.92. The fourth-order valence-corrected chi connectivity index (χ4v) is 5.37. The molecule has 1 atom stereocenters. The number of benzene rings is 3. The van der Waals surface area contributed by atoms with Gasteiger partial charge in [0.05, 0.1) is 24.3 Å². The number of carbonyl (C=O) groups is 2. The number of carbonyl (C=O) groups excluding carboxylic acids is 2. The molecule has 3 aromatic carbocycles. The van der Waals surface area contributed by atoms with Gasteiger partial charge >= 0.3 is 0 Å². The van der Waals surface area contributed by atoms with Gasteiger partial charge in [-0.3, -0.25) is 14.5 Å². The van der Waals surface area contributed by atoms with Crippen molar-refractivity contribution in [2.75, 3.05) is 30.0 Å². The maximum atomic E-state index is 13.6. The number of ketones is 1. The van der Waals surface area contributed by atoms with Crippen LogP contribution in [0.1, 0.15) is 56.3 Å². The zero-order valence-electron chi connectivity index (χ0n) is 22.8. The lowest BCUT2D eigenvalue weighted by atomic mass is 9.85. The van der Waals surface area contributed by atoms with Crippen LogP contribution in [0.4, 0.5) is 11.4 Å². The molecular formula is C32H34N2O5. The van der Waals surface area contributed by atoms with Crippen molar-refractivity contribution in [2.45, 2.75) is 45.1 Å². The average molecular weight is 527 g/mol. The molecule has 202 valence electrons. The number of aliphatic hydroxyl groups excluding tert-OH is 1. The molecule has 39 heavy (non-hydrogen) atoms. The highest BCUT2D eigenvalue weighted by Crippen LogP contribution is 2.44. The summed E-state index contributed by atoms with van der Waals surface area (Å²) in [4.78, 5) is 30.9. The van der Waals surface area contributed by atoms with Gasteiger partial charge in [-0.15, -0.1) is 0 Å². The van der Waals surface area contributed by atoms with Gasteiger partial charge in [-0.05, 0) is 77.9 Å². The summed E-state index contributed by atoms with van der Waals surface area (Å²) in [5, 5.41) is 21.6. The summed E-state index contributed by atoms with van der Waals surface area (Å²) >= 11 is 0. The van der Waals surface area contributed by atoms with E-state index in [1.54, 1.807) is 24.3 Å². The number of ether oxygens (including phenoxy) is 1. The Morgan fingerprint density at radius 3 is 2.10 bits per heavy atom. The van der Waals surface area contributed by atoms with Crippen molar-refractivity contribution in [3.8, 4) is 11.5 Å². The van der Waals surface area contributed by atoms with Crippen LogP contribution in [0.5, 0.6) is 11.5 Å². The number of hydrogen-bond acceptors (Lipinski definition) is 6. The van der Waals surface area contributed by atoms with Crippen LogP contribution in [-0.4, -0.2) is 42.1 Å². The first-order chi connectivity index (χ1) is 18.6. The van der Waals surface area contributed by atoms with E-state index in [4.69, 9.17) is 4.74 Å². The van der Waals surface area contributed by atoms with Crippen LogP contribution in [0.3, 0.4) is 0 Å². The number of phenolic OH excluding ortho intramolecular Hbond substituents is 1. The zero-order valence-corrected chi connectivity index (χ0v) is 22.8. The Balaban J connectivity index is 1.67.